The Morgan fingerprint density at radius 3 is 2.33 bits per heavy atom. The van der Waals surface area contributed by atoms with Gasteiger partial charge in [-0.1, -0.05) is 13.8 Å². The van der Waals surface area contributed by atoms with Crippen molar-refractivity contribution < 1.29 is 17.9 Å². The molecule has 5 heteroatoms. The molecule has 0 spiro atoms. The van der Waals surface area contributed by atoms with E-state index in [0.717, 1.165) is 12.8 Å². The van der Waals surface area contributed by atoms with Crippen LogP contribution in [0.5, 0.6) is 0 Å². The third-order valence-corrected chi connectivity index (χ3v) is 2.87. The normalized spacial score (nSPS) is 38.0. The van der Waals surface area contributed by atoms with Crippen LogP contribution < -0.4 is 5.73 Å². The van der Waals surface area contributed by atoms with Crippen LogP contribution >= 0.6 is 0 Å². The maximum absolute atomic E-state index is 12.0. The summed E-state index contributed by atoms with van der Waals surface area (Å²) >= 11 is 0. The fraction of sp³-hybridized carbons (Fsp3) is 1.00. The van der Waals surface area contributed by atoms with E-state index in [4.69, 9.17) is 10.5 Å². The molecule has 0 bridgehead atoms. The Kier molecular flexibility index (Phi) is 4.00. The number of hydrogen-bond donors (Lipinski definition) is 1. The van der Waals surface area contributed by atoms with E-state index in [2.05, 4.69) is 6.92 Å². The van der Waals surface area contributed by atoms with Crippen LogP contribution in [0.1, 0.15) is 26.7 Å². The van der Waals surface area contributed by atoms with Crippen molar-refractivity contribution in [2.24, 2.45) is 17.6 Å². The summed E-state index contributed by atoms with van der Waals surface area (Å²) in [6.45, 7) is 2.77. The first-order chi connectivity index (χ1) is 6.79. The maximum atomic E-state index is 12.0. The van der Waals surface area contributed by atoms with Crippen molar-refractivity contribution in [1.82, 2.24) is 0 Å². The van der Waals surface area contributed by atoms with Gasteiger partial charge in [-0.05, 0) is 24.7 Å². The average Bonchev–Trinajstić information content (AvgIpc) is 1.99. The molecule has 0 radical (unpaired) electrons. The lowest BCUT2D eigenvalue weighted by Gasteiger charge is -2.37. The molecule has 4 unspecified atom stereocenters. The summed E-state index contributed by atoms with van der Waals surface area (Å²) in [4.78, 5) is 0. The molecule has 4 atom stereocenters. The van der Waals surface area contributed by atoms with Gasteiger partial charge in [0.1, 0.15) is 6.61 Å². The summed E-state index contributed by atoms with van der Waals surface area (Å²) < 4.78 is 40.8. The summed E-state index contributed by atoms with van der Waals surface area (Å²) in [7, 11) is 0. The Hall–Kier alpha value is -0.290. The molecule has 1 aliphatic rings. The summed E-state index contributed by atoms with van der Waals surface area (Å²) in [5.41, 5.74) is 5.80. The predicted molar refractivity (Wildman–Crippen MR) is 51.3 cm³/mol. The molecule has 0 aromatic heterocycles. The molecule has 1 fully saturated rings. The van der Waals surface area contributed by atoms with Gasteiger partial charge in [0.15, 0.2) is 0 Å². The highest BCUT2D eigenvalue weighted by Gasteiger charge is 2.36. The van der Waals surface area contributed by atoms with Gasteiger partial charge in [0.25, 0.3) is 0 Å². The van der Waals surface area contributed by atoms with Gasteiger partial charge < -0.3 is 10.5 Å². The fourth-order valence-corrected chi connectivity index (χ4v) is 2.36. The van der Waals surface area contributed by atoms with Gasteiger partial charge in [0, 0.05) is 6.04 Å². The Morgan fingerprint density at radius 2 is 1.87 bits per heavy atom. The lowest BCUT2D eigenvalue weighted by molar-refractivity contribution is -0.195. The van der Waals surface area contributed by atoms with E-state index in [1.165, 1.54) is 0 Å². The maximum Gasteiger partial charge on any atom is 0.411 e. The third-order valence-electron chi connectivity index (χ3n) is 2.87. The molecule has 1 aliphatic carbocycles. The topological polar surface area (TPSA) is 35.2 Å². The van der Waals surface area contributed by atoms with Crippen LogP contribution in [-0.2, 0) is 4.74 Å². The smallest absolute Gasteiger partial charge is 0.367 e. The highest BCUT2D eigenvalue weighted by atomic mass is 19.4. The van der Waals surface area contributed by atoms with Crippen molar-refractivity contribution in [3.63, 3.8) is 0 Å². The van der Waals surface area contributed by atoms with Crippen LogP contribution in [0, 0.1) is 11.8 Å². The van der Waals surface area contributed by atoms with Crippen LogP contribution in [0.3, 0.4) is 0 Å². The number of alkyl halides is 3. The van der Waals surface area contributed by atoms with Crippen LogP contribution in [0.4, 0.5) is 13.2 Å². The second-order valence-electron chi connectivity index (χ2n) is 4.61. The van der Waals surface area contributed by atoms with E-state index < -0.39 is 18.9 Å². The highest BCUT2D eigenvalue weighted by molar-refractivity contribution is 4.86. The largest absolute Gasteiger partial charge is 0.411 e. The van der Waals surface area contributed by atoms with E-state index >= 15 is 0 Å². The summed E-state index contributed by atoms with van der Waals surface area (Å²) in [5, 5.41) is 0. The lowest BCUT2D eigenvalue weighted by atomic mass is 9.78. The minimum absolute atomic E-state index is 0.103. The van der Waals surface area contributed by atoms with Gasteiger partial charge in [0.2, 0.25) is 0 Å². The number of rotatable bonds is 2. The van der Waals surface area contributed by atoms with Gasteiger partial charge in [-0.2, -0.15) is 13.2 Å². The first-order valence-corrected chi connectivity index (χ1v) is 5.23. The summed E-state index contributed by atoms with van der Waals surface area (Å²) in [6, 6.07) is -0.272. The van der Waals surface area contributed by atoms with Crippen molar-refractivity contribution in [3.8, 4) is 0 Å². The molecule has 0 amide bonds. The van der Waals surface area contributed by atoms with Gasteiger partial charge in [-0.3, -0.25) is 0 Å². The molecule has 0 saturated heterocycles. The Bertz CT molecular complexity index is 195. The van der Waals surface area contributed by atoms with E-state index in [9.17, 15) is 13.2 Å². The van der Waals surface area contributed by atoms with Gasteiger partial charge in [-0.25, -0.2) is 0 Å². The molecule has 15 heavy (non-hydrogen) atoms. The lowest BCUT2D eigenvalue weighted by Crippen LogP contribution is -2.47. The standard InChI is InChI=1S/C10H18F3NO/c1-6-3-7(2)9(8(14)4-6)15-5-10(11,12)13/h6-9H,3-5,14H2,1-2H3. The van der Waals surface area contributed by atoms with Gasteiger partial charge >= 0.3 is 6.18 Å². The van der Waals surface area contributed by atoms with E-state index in [1.807, 2.05) is 6.92 Å². The van der Waals surface area contributed by atoms with Crippen LogP contribution in [0.2, 0.25) is 0 Å². The van der Waals surface area contributed by atoms with Crippen LogP contribution in [-0.4, -0.2) is 24.9 Å². The summed E-state index contributed by atoms with van der Waals surface area (Å²) in [5.74, 6) is 0.576. The molecule has 0 heterocycles. The second kappa shape index (κ2) is 4.70. The molecule has 0 aromatic rings. The number of nitrogens with two attached hydrogens (primary N) is 1. The quantitative estimate of drug-likeness (QED) is 0.782. The Balaban J connectivity index is 2.46. The molecule has 0 aliphatic heterocycles. The Morgan fingerprint density at radius 1 is 1.27 bits per heavy atom. The monoisotopic (exact) mass is 225 g/mol. The summed E-state index contributed by atoms with van der Waals surface area (Å²) in [6.07, 6.45) is -3.09. The van der Waals surface area contributed by atoms with Crippen molar-refractivity contribution in [2.45, 2.75) is 45.0 Å². The van der Waals surface area contributed by atoms with E-state index in [-0.39, 0.29) is 12.0 Å². The van der Waals surface area contributed by atoms with Gasteiger partial charge in [-0.15, -0.1) is 0 Å². The van der Waals surface area contributed by atoms with E-state index in [1.54, 1.807) is 0 Å². The molecule has 90 valence electrons. The third kappa shape index (κ3) is 3.99. The van der Waals surface area contributed by atoms with Gasteiger partial charge in [0.05, 0.1) is 6.10 Å². The molecular formula is C10H18F3NO. The SMILES string of the molecule is CC1CC(C)C(OCC(F)(F)F)C(N)C1. The molecular weight excluding hydrogens is 207 g/mol. The zero-order valence-electron chi connectivity index (χ0n) is 9.05. The molecule has 2 nitrogen and oxygen atoms in total. The first-order valence-electron chi connectivity index (χ1n) is 5.23. The van der Waals surface area contributed by atoms with Crippen molar-refractivity contribution >= 4 is 0 Å². The van der Waals surface area contributed by atoms with Crippen LogP contribution in [0.15, 0.2) is 0 Å². The number of hydrogen-bond acceptors (Lipinski definition) is 2. The fourth-order valence-electron chi connectivity index (χ4n) is 2.36. The zero-order chi connectivity index (χ0) is 11.6. The van der Waals surface area contributed by atoms with Crippen LogP contribution in [0.25, 0.3) is 0 Å². The minimum Gasteiger partial charge on any atom is -0.367 e. The molecule has 1 saturated carbocycles. The molecule has 1 rings (SSSR count). The van der Waals surface area contributed by atoms with Crippen molar-refractivity contribution in [1.29, 1.82) is 0 Å². The minimum atomic E-state index is -4.26. The number of ether oxygens (including phenoxy) is 1. The van der Waals surface area contributed by atoms with Crippen molar-refractivity contribution in [3.05, 3.63) is 0 Å². The second-order valence-corrected chi connectivity index (χ2v) is 4.61. The highest BCUT2D eigenvalue weighted by Crippen LogP contribution is 2.31. The van der Waals surface area contributed by atoms with E-state index in [0.29, 0.717) is 5.92 Å². The zero-order valence-corrected chi connectivity index (χ0v) is 9.05. The number of halogens is 3. The van der Waals surface area contributed by atoms with Crippen molar-refractivity contribution in [2.75, 3.05) is 6.61 Å². The molecule has 2 N–H and O–H groups in total. The molecule has 0 aromatic carbocycles. The first kappa shape index (κ1) is 12.8. The predicted octanol–water partition coefficient (Wildman–Crippen LogP) is 2.33. The Labute approximate surface area is 88.0 Å². The average molecular weight is 225 g/mol.